The maximum atomic E-state index is 2.31. The number of nitrogens with zero attached hydrogens (tertiary/aromatic N) is 1. The van der Waals surface area contributed by atoms with Gasteiger partial charge in [-0.1, -0.05) is 13.3 Å². The fourth-order valence-electron chi connectivity index (χ4n) is 0.554. The van der Waals surface area contributed by atoms with Crippen LogP contribution in [-0.2, 0) is 0 Å². The highest BCUT2D eigenvalue weighted by Crippen LogP contribution is 1.91. The Balaban J connectivity index is 2.72. The van der Waals surface area contributed by atoms with Gasteiger partial charge >= 0.3 is 0 Å². The summed E-state index contributed by atoms with van der Waals surface area (Å²) in [5.41, 5.74) is 0. The van der Waals surface area contributed by atoms with Crippen molar-refractivity contribution in [2.24, 2.45) is 0 Å². The second-order valence-electron chi connectivity index (χ2n) is 2.29. The molecule has 0 N–H and O–H groups in total. The molecular formula is C7H16N. The molecule has 0 fully saturated rings. The molecule has 0 aromatic heterocycles. The number of unbranched alkanes of at least 4 members (excludes halogenated alkanes) is 2. The summed E-state index contributed by atoms with van der Waals surface area (Å²) in [6.07, 6.45) is 4.73. The van der Waals surface area contributed by atoms with Gasteiger partial charge in [-0.3, -0.25) is 0 Å². The minimum Gasteiger partial charge on any atom is -0.309 e. The average molecular weight is 114 g/mol. The van der Waals surface area contributed by atoms with Gasteiger partial charge in [0.2, 0.25) is 0 Å². The predicted octanol–water partition coefficient (Wildman–Crippen LogP) is 1.55. The Morgan fingerprint density at radius 1 is 1.38 bits per heavy atom. The summed E-state index contributed by atoms with van der Waals surface area (Å²) in [4.78, 5) is 2.20. The molecule has 0 saturated carbocycles. The number of hydrogen-bond acceptors (Lipinski definition) is 1. The van der Waals surface area contributed by atoms with Crippen molar-refractivity contribution >= 4 is 0 Å². The molecule has 0 saturated heterocycles. The lowest BCUT2D eigenvalue weighted by Crippen LogP contribution is -2.12. The van der Waals surface area contributed by atoms with Gasteiger partial charge in [0.1, 0.15) is 0 Å². The molecular weight excluding hydrogens is 98.1 g/mol. The van der Waals surface area contributed by atoms with Gasteiger partial charge in [0, 0.05) is 0 Å². The van der Waals surface area contributed by atoms with E-state index < -0.39 is 0 Å². The van der Waals surface area contributed by atoms with Gasteiger partial charge in [-0.2, -0.15) is 0 Å². The second-order valence-corrected chi connectivity index (χ2v) is 2.29. The molecule has 0 aliphatic carbocycles. The third kappa shape index (κ3) is 5.96. The van der Waals surface area contributed by atoms with Crippen molar-refractivity contribution < 1.29 is 0 Å². The summed E-state index contributed by atoms with van der Waals surface area (Å²) >= 11 is 0. The maximum absolute atomic E-state index is 2.31. The van der Waals surface area contributed by atoms with Crippen LogP contribution in [0.3, 0.4) is 0 Å². The highest BCUT2D eigenvalue weighted by molar-refractivity contribution is 4.62. The largest absolute Gasteiger partial charge is 0.309 e. The van der Waals surface area contributed by atoms with Crippen LogP contribution in [0.15, 0.2) is 0 Å². The summed E-state index contributed by atoms with van der Waals surface area (Å²) in [6, 6.07) is 0. The number of rotatable bonds is 4. The van der Waals surface area contributed by atoms with Crippen LogP contribution in [0.5, 0.6) is 0 Å². The molecule has 0 bridgehead atoms. The van der Waals surface area contributed by atoms with E-state index in [1.54, 1.807) is 0 Å². The van der Waals surface area contributed by atoms with Crippen LogP contribution in [0, 0.1) is 6.42 Å². The summed E-state index contributed by atoms with van der Waals surface area (Å²) in [5.74, 6) is 0. The van der Waals surface area contributed by atoms with Crippen LogP contribution >= 0.6 is 0 Å². The van der Waals surface area contributed by atoms with Crippen molar-refractivity contribution in [3.05, 3.63) is 6.42 Å². The lowest BCUT2D eigenvalue weighted by Gasteiger charge is -2.06. The van der Waals surface area contributed by atoms with Crippen LogP contribution in [-0.4, -0.2) is 25.5 Å². The molecule has 0 unspecified atom stereocenters. The molecule has 1 radical (unpaired) electrons. The minimum absolute atomic E-state index is 1.19. The van der Waals surface area contributed by atoms with E-state index in [1.807, 2.05) is 0 Å². The highest BCUT2D eigenvalue weighted by Gasteiger charge is 1.86. The first-order valence-corrected chi connectivity index (χ1v) is 3.23. The zero-order valence-corrected chi connectivity index (χ0v) is 6.15. The van der Waals surface area contributed by atoms with Crippen molar-refractivity contribution in [3.63, 3.8) is 0 Å². The number of hydrogen-bond donors (Lipinski definition) is 0. The quantitative estimate of drug-likeness (QED) is 0.501. The Morgan fingerprint density at radius 3 is 2.38 bits per heavy atom. The van der Waals surface area contributed by atoms with Crippen LogP contribution in [0.25, 0.3) is 0 Å². The third-order valence-corrected chi connectivity index (χ3v) is 1.07. The van der Waals surface area contributed by atoms with Gasteiger partial charge in [-0.25, -0.2) is 0 Å². The molecule has 0 heterocycles. The Morgan fingerprint density at radius 2 is 2.00 bits per heavy atom. The van der Waals surface area contributed by atoms with Gasteiger partial charge in [0.25, 0.3) is 0 Å². The van der Waals surface area contributed by atoms with Crippen LogP contribution in [0.1, 0.15) is 19.8 Å². The molecule has 0 spiro atoms. The topological polar surface area (TPSA) is 3.24 Å². The summed E-state index contributed by atoms with van der Waals surface area (Å²) in [5, 5.41) is 0. The molecule has 49 valence electrons. The lowest BCUT2D eigenvalue weighted by atomic mass is 10.2. The standard InChI is InChI=1S/C7H16N/c1-4-5-6-7-8(2)3/h5H,4,6-7H2,1-3H3. The Labute approximate surface area is 52.7 Å². The molecule has 0 rings (SSSR count). The minimum atomic E-state index is 1.19. The first-order chi connectivity index (χ1) is 3.77. The lowest BCUT2D eigenvalue weighted by molar-refractivity contribution is 0.410. The van der Waals surface area contributed by atoms with Gasteiger partial charge < -0.3 is 4.90 Å². The van der Waals surface area contributed by atoms with E-state index in [0.29, 0.717) is 0 Å². The molecule has 0 aromatic rings. The van der Waals surface area contributed by atoms with Crippen LogP contribution in [0.2, 0.25) is 0 Å². The Kier molecular flexibility index (Phi) is 5.08. The van der Waals surface area contributed by atoms with E-state index in [1.165, 1.54) is 19.4 Å². The van der Waals surface area contributed by atoms with E-state index in [4.69, 9.17) is 0 Å². The van der Waals surface area contributed by atoms with E-state index in [-0.39, 0.29) is 0 Å². The van der Waals surface area contributed by atoms with Crippen molar-refractivity contribution in [1.82, 2.24) is 4.90 Å². The Hall–Kier alpha value is -0.0400. The molecule has 0 aliphatic heterocycles. The normalized spacial score (nSPS) is 10.5. The van der Waals surface area contributed by atoms with Crippen molar-refractivity contribution in [2.75, 3.05) is 20.6 Å². The Bertz CT molecular complexity index is 41.7. The summed E-state index contributed by atoms with van der Waals surface area (Å²) in [6.45, 7) is 3.36. The molecule has 0 aromatic carbocycles. The smallest absolute Gasteiger partial charge is 0.00221 e. The van der Waals surface area contributed by atoms with E-state index in [2.05, 4.69) is 32.3 Å². The van der Waals surface area contributed by atoms with Gasteiger partial charge in [-0.15, -0.1) is 0 Å². The zero-order valence-electron chi connectivity index (χ0n) is 6.15. The monoisotopic (exact) mass is 114 g/mol. The van der Waals surface area contributed by atoms with Gasteiger partial charge in [-0.05, 0) is 33.5 Å². The summed E-state index contributed by atoms with van der Waals surface area (Å²) in [7, 11) is 4.20. The van der Waals surface area contributed by atoms with Crippen LogP contribution in [0.4, 0.5) is 0 Å². The summed E-state index contributed by atoms with van der Waals surface area (Å²) < 4.78 is 0. The second kappa shape index (κ2) is 5.10. The van der Waals surface area contributed by atoms with E-state index >= 15 is 0 Å². The van der Waals surface area contributed by atoms with Crippen molar-refractivity contribution in [3.8, 4) is 0 Å². The fourth-order valence-corrected chi connectivity index (χ4v) is 0.554. The van der Waals surface area contributed by atoms with Crippen molar-refractivity contribution in [2.45, 2.75) is 19.8 Å². The van der Waals surface area contributed by atoms with Gasteiger partial charge in [0.15, 0.2) is 0 Å². The third-order valence-electron chi connectivity index (χ3n) is 1.07. The zero-order chi connectivity index (χ0) is 6.41. The molecule has 0 atom stereocenters. The first-order valence-electron chi connectivity index (χ1n) is 3.23. The SMILES string of the molecule is CC[CH]CCN(C)C. The predicted molar refractivity (Wildman–Crippen MR) is 37.8 cm³/mol. The highest BCUT2D eigenvalue weighted by atomic mass is 15.0. The van der Waals surface area contributed by atoms with Crippen LogP contribution < -0.4 is 0 Å². The van der Waals surface area contributed by atoms with Crippen molar-refractivity contribution in [1.29, 1.82) is 0 Å². The van der Waals surface area contributed by atoms with E-state index in [9.17, 15) is 0 Å². The molecule has 1 nitrogen and oxygen atoms in total. The molecule has 8 heavy (non-hydrogen) atoms. The molecule has 1 heteroatoms. The maximum Gasteiger partial charge on any atom is -0.00221 e. The average Bonchev–Trinajstić information content (AvgIpc) is 1.66. The molecule has 0 aliphatic rings. The van der Waals surface area contributed by atoms with E-state index in [0.717, 1.165) is 0 Å². The van der Waals surface area contributed by atoms with Gasteiger partial charge in [0.05, 0.1) is 0 Å². The molecule has 0 amide bonds. The fraction of sp³-hybridized carbons (Fsp3) is 0.857. The first kappa shape index (κ1) is 7.96.